The van der Waals surface area contributed by atoms with Crippen LogP contribution in [-0.2, 0) is 10.3 Å². The molecule has 5 rings (SSSR count). The number of aromatic nitrogens is 3. The highest BCUT2D eigenvalue weighted by Gasteiger charge is 2.52. The third-order valence-corrected chi connectivity index (χ3v) is 6.82. The molecule has 2 atom stereocenters. The monoisotopic (exact) mass is 502 g/mol. The van der Waals surface area contributed by atoms with Gasteiger partial charge in [-0.2, -0.15) is 13.2 Å². The van der Waals surface area contributed by atoms with Gasteiger partial charge >= 0.3 is 12.1 Å². The van der Waals surface area contributed by atoms with E-state index >= 15 is 0 Å². The highest BCUT2D eigenvalue weighted by molar-refractivity contribution is 5.93. The van der Waals surface area contributed by atoms with E-state index in [-0.39, 0.29) is 34.5 Å². The number of nitrogens with one attached hydrogen (secondary N) is 1. The summed E-state index contributed by atoms with van der Waals surface area (Å²) < 4.78 is 52.4. The van der Waals surface area contributed by atoms with Crippen molar-refractivity contribution in [1.29, 1.82) is 0 Å². The normalized spacial score (nSPS) is 20.9. The van der Waals surface area contributed by atoms with Gasteiger partial charge in [0.15, 0.2) is 5.60 Å². The van der Waals surface area contributed by atoms with E-state index in [1.165, 1.54) is 12.3 Å². The first-order valence-electron chi connectivity index (χ1n) is 11.5. The summed E-state index contributed by atoms with van der Waals surface area (Å²) in [6, 6.07) is 4.55. The number of carbonyl (C=O) groups excluding carboxylic acids is 1. The number of aliphatic hydroxyl groups is 1. The number of esters is 1. The van der Waals surface area contributed by atoms with Crippen LogP contribution in [0.5, 0.6) is 5.88 Å². The van der Waals surface area contributed by atoms with Crippen molar-refractivity contribution >= 4 is 28.4 Å². The molecular formula is C25H25F3N4O4. The Balaban J connectivity index is 1.57. The minimum absolute atomic E-state index is 0.0369. The lowest BCUT2D eigenvalue weighted by Crippen LogP contribution is -2.39. The number of fused-ring (bicyclic) bond motifs is 2. The highest BCUT2D eigenvalue weighted by atomic mass is 19.4. The molecule has 3 aromatic heterocycles. The second-order valence-electron chi connectivity index (χ2n) is 9.95. The quantitative estimate of drug-likeness (QED) is 0.463. The van der Waals surface area contributed by atoms with Crippen molar-refractivity contribution in [3.8, 4) is 5.88 Å². The Morgan fingerprint density at radius 2 is 1.86 bits per heavy atom. The first-order chi connectivity index (χ1) is 16.8. The van der Waals surface area contributed by atoms with Crippen molar-refractivity contribution in [3.63, 3.8) is 0 Å². The summed E-state index contributed by atoms with van der Waals surface area (Å²) in [5, 5.41) is 13.8. The van der Waals surface area contributed by atoms with E-state index in [2.05, 4.69) is 20.3 Å². The summed E-state index contributed by atoms with van der Waals surface area (Å²) in [6.07, 6.45) is -0.945. The Morgan fingerprint density at radius 1 is 1.14 bits per heavy atom. The number of pyridine rings is 3. The van der Waals surface area contributed by atoms with Crippen LogP contribution in [0.25, 0.3) is 10.8 Å². The van der Waals surface area contributed by atoms with Gasteiger partial charge in [0.05, 0.1) is 16.6 Å². The molecule has 0 amide bonds. The lowest BCUT2D eigenvalue weighted by molar-refractivity contribution is -0.258. The van der Waals surface area contributed by atoms with Gasteiger partial charge in [-0.25, -0.2) is 19.7 Å². The van der Waals surface area contributed by atoms with Gasteiger partial charge in [0, 0.05) is 29.3 Å². The zero-order valence-electron chi connectivity index (χ0n) is 20.1. The minimum atomic E-state index is -4.94. The smallest absolute Gasteiger partial charge is 0.421 e. The van der Waals surface area contributed by atoms with E-state index in [1.807, 2.05) is 6.92 Å². The number of hydrogen-bond donors (Lipinski definition) is 2. The summed E-state index contributed by atoms with van der Waals surface area (Å²) in [5.74, 6) is 0.0484. The van der Waals surface area contributed by atoms with Crippen LogP contribution >= 0.6 is 0 Å². The van der Waals surface area contributed by atoms with Gasteiger partial charge < -0.3 is 19.9 Å². The van der Waals surface area contributed by atoms with E-state index in [9.17, 15) is 23.1 Å². The van der Waals surface area contributed by atoms with Crippen molar-refractivity contribution in [2.24, 2.45) is 0 Å². The average Bonchev–Trinajstić information content (AvgIpc) is 3.60. The zero-order valence-corrected chi connectivity index (χ0v) is 20.1. The molecule has 1 aliphatic heterocycles. The summed E-state index contributed by atoms with van der Waals surface area (Å²) in [4.78, 5) is 25.3. The first-order valence-corrected chi connectivity index (χ1v) is 11.5. The molecule has 0 spiro atoms. The fourth-order valence-corrected chi connectivity index (χ4v) is 4.05. The Morgan fingerprint density at radius 3 is 2.53 bits per heavy atom. The molecule has 0 radical (unpaired) electrons. The number of anilines is 2. The minimum Gasteiger partial charge on any atom is -0.474 e. The molecule has 0 unspecified atom stereocenters. The van der Waals surface area contributed by atoms with Gasteiger partial charge in [0.25, 0.3) is 0 Å². The zero-order chi connectivity index (χ0) is 26.0. The maximum atomic E-state index is 13.7. The number of ether oxygens (including phenoxy) is 2. The second-order valence-corrected chi connectivity index (χ2v) is 9.95. The molecule has 0 saturated heterocycles. The summed E-state index contributed by atoms with van der Waals surface area (Å²) in [5.41, 5.74) is -3.42. The van der Waals surface area contributed by atoms with Gasteiger partial charge in [-0.3, -0.25) is 0 Å². The Bertz CT molecular complexity index is 1370. The maximum absolute atomic E-state index is 13.7. The summed E-state index contributed by atoms with van der Waals surface area (Å²) in [6.45, 7) is 6.19. The van der Waals surface area contributed by atoms with Crippen molar-refractivity contribution in [3.05, 3.63) is 47.4 Å². The number of rotatable bonds is 5. The number of carbonyl (C=O) groups is 1. The second kappa shape index (κ2) is 8.02. The van der Waals surface area contributed by atoms with E-state index in [0.29, 0.717) is 24.0 Å². The van der Waals surface area contributed by atoms with Gasteiger partial charge in [-0.15, -0.1) is 0 Å². The fraction of sp³-hybridized carbons (Fsp3) is 0.440. The molecule has 0 aromatic carbocycles. The number of halogens is 3. The molecule has 36 heavy (non-hydrogen) atoms. The topological polar surface area (TPSA) is 106 Å². The van der Waals surface area contributed by atoms with Crippen molar-refractivity contribution < 1.29 is 32.5 Å². The van der Waals surface area contributed by atoms with Gasteiger partial charge in [-0.1, -0.05) is 6.92 Å². The van der Waals surface area contributed by atoms with Crippen LogP contribution in [0, 0.1) is 0 Å². The third kappa shape index (κ3) is 4.11. The van der Waals surface area contributed by atoms with Gasteiger partial charge in [0.1, 0.15) is 23.3 Å². The molecule has 1 aliphatic carbocycles. The van der Waals surface area contributed by atoms with E-state index in [1.54, 1.807) is 26.0 Å². The molecule has 2 N–H and O–H groups in total. The lowest BCUT2D eigenvalue weighted by Gasteiger charge is -2.36. The average molecular weight is 502 g/mol. The van der Waals surface area contributed by atoms with Crippen LogP contribution in [-0.4, -0.2) is 43.9 Å². The van der Waals surface area contributed by atoms with E-state index in [4.69, 9.17) is 9.47 Å². The molecule has 11 heteroatoms. The van der Waals surface area contributed by atoms with Crippen LogP contribution < -0.4 is 10.1 Å². The molecule has 0 bridgehead atoms. The van der Waals surface area contributed by atoms with Crippen LogP contribution in [0.2, 0.25) is 0 Å². The fourth-order valence-electron chi connectivity index (χ4n) is 4.05. The van der Waals surface area contributed by atoms with Crippen LogP contribution in [0.1, 0.15) is 68.1 Å². The first kappa shape index (κ1) is 24.2. The van der Waals surface area contributed by atoms with Crippen molar-refractivity contribution in [1.82, 2.24) is 15.0 Å². The van der Waals surface area contributed by atoms with Crippen LogP contribution in [0.4, 0.5) is 24.8 Å². The maximum Gasteiger partial charge on any atom is 0.421 e. The highest BCUT2D eigenvalue weighted by Crippen LogP contribution is 2.43. The molecule has 2 aliphatic rings. The molecule has 1 saturated carbocycles. The summed E-state index contributed by atoms with van der Waals surface area (Å²) in [7, 11) is 0. The summed E-state index contributed by atoms with van der Waals surface area (Å²) >= 11 is 0. The Hall–Kier alpha value is -3.47. The van der Waals surface area contributed by atoms with E-state index < -0.39 is 28.9 Å². The van der Waals surface area contributed by atoms with Crippen molar-refractivity contribution in [2.45, 2.75) is 69.9 Å². The van der Waals surface area contributed by atoms with Gasteiger partial charge in [0.2, 0.25) is 5.88 Å². The SMILES string of the molecule is C[C@@H]1c2nc(Nc3cc4c([C@@](C)(O)C(F)(F)F)cnc(OC5CC5)c4cn3)ccc2C(=O)OC1(C)C. The van der Waals surface area contributed by atoms with Crippen molar-refractivity contribution in [2.75, 3.05) is 5.32 Å². The number of cyclic esters (lactones) is 1. The van der Waals surface area contributed by atoms with E-state index in [0.717, 1.165) is 19.0 Å². The predicted molar refractivity (Wildman–Crippen MR) is 124 cm³/mol. The molecule has 190 valence electrons. The standard InChI is InChI=1S/C25H25F3N4O4/c1-12-20-14(22(33)36-23(12,2)3)7-8-18(32-20)31-19-9-15-16(10-29-19)21(35-13-5-6-13)30-11-17(15)24(4,34)25(26,27)28/h7-13,34H,5-6H2,1-4H3,(H,29,31,32)/t12-,24-/m1/s1. The Labute approximate surface area is 204 Å². The molecular weight excluding hydrogens is 477 g/mol. The number of alkyl halides is 3. The van der Waals surface area contributed by atoms with Crippen LogP contribution in [0.15, 0.2) is 30.6 Å². The molecule has 4 heterocycles. The van der Waals surface area contributed by atoms with Crippen LogP contribution in [0.3, 0.4) is 0 Å². The Kier molecular flexibility index (Phi) is 5.40. The molecule has 3 aromatic rings. The number of nitrogens with zero attached hydrogens (tertiary/aromatic N) is 3. The van der Waals surface area contributed by atoms with Gasteiger partial charge in [-0.05, 0) is 51.8 Å². The lowest BCUT2D eigenvalue weighted by atomic mass is 9.84. The third-order valence-electron chi connectivity index (χ3n) is 6.82. The number of hydrogen-bond acceptors (Lipinski definition) is 8. The molecule has 8 nitrogen and oxygen atoms in total. The molecule has 1 fully saturated rings. The predicted octanol–water partition coefficient (Wildman–Crippen LogP) is 5.13. The largest absolute Gasteiger partial charge is 0.474 e.